The number of nitrogens with zero attached hydrogens (tertiary/aromatic N) is 1. The molecule has 1 N–H and O–H groups in total. The lowest BCUT2D eigenvalue weighted by molar-refractivity contribution is -0.870. The van der Waals surface area contributed by atoms with Gasteiger partial charge in [0, 0.05) is 12.8 Å². The lowest BCUT2D eigenvalue weighted by atomic mass is 10.0. The fourth-order valence-electron chi connectivity index (χ4n) is 6.34. The zero-order chi connectivity index (χ0) is 41.4. The molecule has 0 heterocycles. The molecule has 0 aromatic carbocycles. The van der Waals surface area contributed by atoms with Gasteiger partial charge in [-0.3, -0.25) is 18.6 Å². The first kappa shape index (κ1) is 54.5. The van der Waals surface area contributed by atoms with Gasteiger partial charge in [0.1, 0.15) is 19.8 Å². The first-order chi connectivity index (χ1) is 27.0. The van der Waals surface area contributed by atoms with Crippen molar-refractivity contribution in [3.05, 3.63) is 24.3 Å². The van der Waals surface area contributed by atoms with Gasteiger partial charge in [0.05, 0.1) is 27.7 Å². The van der Waals surface area contributed by atoms with Crippen LogP contribution in [0.5, 0.6) is 0 Å². The van der Waals surface area contributed by atoms with Crippen molar-refractivity contribution in [2.45, 2.75) is 213 Å². The van der Waals surface area contributed by atoms with Crippen molar-refractivity contribution in [3.63, 3.8) is 0 Å². The number of carbonyl (C=O) groups excluding carboxylic acids is 2. The number of unbranched alkanes of at least 4 members (excludes halogenated alkanes) is 24. The molecule has 0 saturated heterocycles. The molecule has 56 heavy (non-hydrogen) atoms. The van der Waals surface area contributed by atoms with E-state index in [4.69, 9.17) is 18.5 Å². The minimum absolute atomic E-state index is 0.0307. The predicted octanol–water partition coefficient (Wildman–Crippen LogP) is 13.1. The quantitative estimate of drug-likeness (QED) is 0.0213. The number of quaternary nitrogens is 1. The third kappa shape index (κ3) is 42.1. The lowest BCUT2D eigenvalue weighted by Gasteiger charge is -2.24. The van der Waals surface area contributed by atoms with E-state index in [0.717, 1.165) is 57.8 Å². The van der Waals surface area contributed by atoms with Crippen LogP contribution in [0, 0.1) is 0 Å². The summed E-state index contributed by atoms with van der Waals surface area (Å²) in [4.78, 5) is 35.4. The smallest absolute Gasteiger partial charge is 0.462 e. The normalized spacial score (nSPS) is 13.8. The Labute approximate surface area is 345 Å². The van der Waals surface area contributed by atoms with Crippen LogP contribution >= 0.6 is 7.82 Å². The molecule has 0 aromatic heterocycles. The third-order valence-corrected chi connectivity index (χ3v) is 11.0. The monoisotopic (exact) mass is 815 g/mol. The van der Waals surface area contributed by atoms with E-state index in [1.165, 1.54) is 116 Å². The van der Waals surface area contributed by atoms with Crippen molar-refractivity contribution >= 4 is 19.8 Å². The highest BCUT2D eigenvalue weighted by molar-refractivity contribution is 7.47. The Morgan fingerprint density at radius 3 is 1.45 bits per heavy atom. The highest BCUT2D eigenvalue weighted by Crippen LogP contribution is 2.43. The first-order valence-corrected chi connectivity index (χ1v) is 24.6. The molecule has 0 aliphatic carbocycles. The van der Waals surface area contributed by atoms with Gasteiger partial charge >= 0.3 is 19.8 Å². The van der Waals surface area contributed by atoms with Crippen molar-refractivity contribution in [1.82, 2.24) is 0 Å². The first-order valence-electron chi connectivity index (χ1n) is 23.1. The van der Waals surface area contributed by atoms with Gasteiger partial charge in [0.25, 0.3) is 0 Å². The second kappa shape index (κ2) is 39.0. The highest BCUT2D eigenvalue weighted by atomic mass is 31.2. The van der Waals surface area contributed by atoms with Crippen molar-refractivity contribution in [1.29, 1.82) is 0 Å². The molecule has 0 aliphatic rings. The zero-order valence-electron chi connectivity index (χ0n) is 37.1. The van der Waals surface area contributed by atoms with Crippen molar-refractivity contribution in [2.75, 3.05) is 47.5 Å². The molecule has 2 atom stereocenters. The second-order valence-corrected chi connectivity index (χ2v) is 18.2. The molecule has 0 aromatic rings. The number of phosphoric acid groups is 1. The van der Waals surface area contributed by atoms with Crippen LogP contribution in [0.2, 0.25) is 0 Å². The van der Waals surface area contributed by atoms with E-state index in [9.17, 15) is 19.0 Å². The maximum absolute atomic E-state index is 12.7. The molecule has 0 amide bonds. The number of ether oxygens (including phenoxy) is 2. The van der Waals surface area contributed by atoms with Crippen LogP contribution in [0.25, 0.3) is 0 Å². The summed E-state index contributed by atoms with van der Waals surface area (Å²) < 4.78 is 34.3. The molecule has 0 saturated carbocycles. The third-order valence-electron chi connectivity index (χ3n) is 9.98. The maximum atomic E-state index is 12.7. The average molecular weight is 815 g/mol. The molecule has 0 bridgehead atoms. The van der Waals surface area contributed by atoms with Crippen LogP contribution in [0.3, 0.4) is 0 Å². The average Bonchev–Trinajstić information content (AvgIpc) is 3.15. The molecule has 10 heteroatoms. The second-order valence-electron chi connectivity index (χ2n) is 16.8. The number of hydrogen-bond acceptors (Lipinski definition) is 7. The summed E-state index contributed by atoms with van der Waals surface area (Å²) in [5, 5.41) is 0. The van der Waals surface area contributed by atoms with Crippen molar-refractivity contribution in [3.8, 4) is 0 Å². The van der Waals surface area contributed by atoms with Gasteiger partial charge in [-0.1, -0.05) is 173 Å². The van der Waals surface area contributed by atoms with Gasteiger partial charge < -0.3 is 18.9 Å². The van der Waals surface area contributed by atoms with Crippen LogP contribution in [0.4, 0.5) is 0 Å². The molecule has 0 radical (unpaired) electrons. The van der Waals surface area contributed by atoms with Gasteiger partial charge in [0.2, 0.25) is 0 Å². The molecule has 0 rings (SSSR count). The Balaban J connectivity index is 4.32. The minimum atomic E-state index is -4.38. The minimum Gasteiger partial charge on any atom is -0.462 e. The maximum Gasteiger partial charge on any atom is 0.472 e. The van der Waals surface area contributed by atoms with Crippen molar-refractivity contribution < 1.29 is 42.1 Å². The van der Waals surface area contributed by atoms with E-state index in [1.807, 2.05) is 21.1 Å². The number of phosphoric ester groups is 1. The van der Waals surface area contributed by atoms with E-state index >= 15 is 0 Å². The van der Waals surface area contributed by atoms with Gasteiger partial charge in [-0.15, -0.1) is 0 Å². The summed E-state index contributed by atoms with van der Waals surface area (Å²) in [5.41, 5.74) is 0. The van der Waals surface area contributed by atoms with Crippen LogP contribution in [0.1, 0.15) is 206 Å². The number of likely N-dealkylation sites (N-methyl/N-ethyl adjacent to an activating group) is 1. The number of rotatable bonds is 42. The van der Waals surface area contributed by atoms with Crippen LogP contribution in [-0.2, 0) is 32.7 Å². The van der Waals surface area contributed by atoms with E-state index in [2.05, 4.69) is 38.2 Å². The van der Waals surface area contributed by atoms with Gasteiger partial charge in [-0.2, -0.15) is 0 Å². The standard InChI is InChI=1S/C46H88NO8P/c1-6-8-10-12-14-16-18-20-22-23-25-26-28-30-32-34-36-38-45(48)52-42-44(43-54-56(50,51)53-41-40-47(3,4)5)55-46(49)39-37-35-33-31-29-27-24-21-19-17-15-13-11-9-7-2/h15,17,21,24,44H,6-14,16,18-20,22-23,25-43H2,1-5H3/p+1/b17-15-,24-21-. The predicted molar refractivity (Wildman–Crippen MR) is 234 cm³/mol. The molecule has 0 fully saturated rings. The number of allylic oxidation sites excluding steroid dienone is 4. The summed E-state index contributed by atoms with van der Waals surface area (Å²) in [6.07, 6.45) is 42.2. The highest BCUT2D eigenvalue weighted by Gasteiger charge is 2.27. The molecular formula is C46H89NO8P+. The zero-order valence-corrected chi connectivity index (χ0v) is 38.0. The van der Waals surface area contributed by atoms with Gasteiger partial charge in [0.15, 0.2) is 6.10 Å². The largest absolute Gasteiger partial charge is 0.472 e. The van der Waals surface area contributed by atoms with E-state index in [1.54, 1.807) is 0 Å². The molecule has 9 nitrogen and oxygen atoms in total. The van der Waals surface area contributed by atoms with Crippen molar-refractivity contribution in [2.24, 2.45) is 0 Å². The van der Waals surface area contributed by atoms with Crippen LogP contribution < -0.4 is 0 Å². The summed E-state index contributed by atoms with van der Waals surface area (Å²) in [6.45, 7) is 4.40. The van der Waals surface area contributed by atoms with Crippen LogP contribution in [0.15, 0.2) is 24.3 Å². The summed E-state index contributed by atoms with van der Waals surface area (Å²) in [5.74, 6) is -0.806. The summed E-state index contributed by atoms with van der Waals surface area (Å²) >= 11 is 0. The Bertz CT molecular complexity index is 1010. The number of esters is 2. The summed E-state index contributed by atoms with van der Waals surface area (Å²) in [6, 6.07) is 0. The van der Waals surface area contributed by atoms with E-state index < -0.39 is 26.5 Å². The topological polar surface area (TPSA) is 108 Å². The number of hydrogen-bond donors (Lipinski definition) is 1. The Morgan fingerprint density at radius 2 is 0.964 bits per heavy atom. The van der Waals surface area contributed by atoms with Gasteiger partial charge in [-0.25, -0.2) is 4.57 Å². The van der Waals surface area contributed by atoms with E-state index in [0.29, 0.717) is 23.9 Å². The SMILES string of the molecule is CCCCC/C=C\C/C=C\CCCCCCCC(=O)OC(COC(=O)CCCCCCCCCCCCCCCCCCC)COP(=O)(O)OCC[N+](C)(C)C. The van der Waals surface area contributed by atoms with E-state index in [-0.39, 0.29) is 25.6 Å². The fourth-order valence-corrected chi connectivity index (χ4v) is 7.08. The molecule has 2 unspecified atom stereocenters. The van der Waals surface area contributed by atoms with Gasteiger partial charge in [-0.05, 0) is 44.9 Å². The Hall–Kier alpha value is -1.51. The van der Waals surface area contributed by atoms with Crippen LogP contribution in [-0.4, -0.2) is 74.9 Å². The molecular weight excluding hydrogens is 725 g/mol. The number of carbonyl (C=O) groups is 2. The molecule has 0 aliphatic heterocycles. The molecule has 330 valence electrons. The summed E-state index contributed by atoms with van der Waals surface area (Å²) in [7, 11) is 1.47. The molecule has 0 spiro atoms. The fraction of sp³-hybridized carbons (Fsp3) is 0.870. The Kier molecular flexibility index (Phi) is 37.9. The lowest BCUT2D eigenvalue weighted by Crippen LogP contribution is -2.37. The Morgan fingerprint density at radius 1 is 0.554 bits per heavy atom.